The van der Waals surface area contributed by atoms with Gasteiger partial charge in [-0.25, -0.2) is 4.79 Å². The van der Waals surface area contributed by atoms with Crippen molar-refractivity contribution in [2.75, 3.05) is 6.61 Å². The first-order valence-corrected chi connectivity index (χ1v) is 14.9. The van der Waals surface area contributed by atoms with E-state index in [9.17, 15) is 24.9 Å². The zero-order chi connectivity index (χ0) is 31.0. The largest absolute Gasteiger partial charge is 0.455 e. The standard InChI is InChI=1S/C34H34O10/c1-17(2)32-25(40-28(37)20-11-7-5-8-12-20)19(4)33-22-15-18(3)24(36)31(22,39)29(38)30(16-35)26(41-30)23(33)27(32)42-34(43-32,44-33)21-13-9-6-10-14-21/h5-15,19,22-23,25-27,29,35,38-39H,1,16H2,2-4H3/t19-,22-,23+,25-,26+,27-,29-,30+,31-,32+,33+,34-/m1/s1. The highest BCUT2D eigenvalue weighted by Crippen LogP contribution is 2.74. The summed E-state index contributed by atoms with van der Waals surface area (Å²) in [5, 5.41) is 34.8. The number of ether oxygens (including phenoxy) is 5. The molecular formula is C34H34O10. The minimum absolute atomic E-state index is 0.232. The molecular weight excluding hydrogens is 568 g/mol. The van der Waals surface area contributed by atoms with Crippen LogP contribution in [0.2, 0.25) is 0 Å². The van der Waals surface area contributed by atoms with Gasteiger partial charge in [-0.05, 0) is 37.1 Å². The van der Waals surface area contributed by atoms with Crippen LogP contribution in [0.3, 0.4) is 0 Å². The van der Waals surface area contributed by atoms with Crippen molar-refractivity contribution < 1.29 is 48.6 Å². The van der Waals surface area contributed by atoms with Crippen LogP contribution in [0.1, 0.15) is 36.7 Å². The third-order valence-corrected chi connectivity index (χ3v) is 11.1. The lowest BCUT2D eigenvalue weighted by atomic mass is 9.53. The Balaban J connectivity index is 1.41. The van der Waals surface area contributed by atoms with Crippen molar-refractivity contribution in [3.63, 3.8) is 0 Å². The van der Waals surface area contributed by atoms with Gasteiger partial charge in [0.2, 0.25) is 0 Å². The summed E-state index contributed by atoms with van der Waals surface area (Å²) < 4.78 is 33.4. The lowest BCUT2D eigenvalue weighted by molar-refractivity contribution is -0.440. The molecule has 2 aromatic rings. The Labute approximate surface area is 253 Å². The number of carbonyl (C=O) groups excluding carboxylic acids is 2. The summed E-state index contributed by atoms with van der Waals surface area (Å²) in [6.45, 7) is 8.80. The number of carbonyl (C=O) groups is 2. The van der Waals surface area contributed by atoms with E-state index in [-0.39, 0.29) is 5.57 Å². The number of hydrogen-bond acceptors (Lipinski definition) is 10. The molecule has 6 aliphatic rings. The van der Waals surface area contributed by atoms with Gasteiger partial charge < -0.3 is 39.0 Å². The topological polar surface area (TPSA) is 144 Å². The second kappa shape index (κ2) is 8.73. The first kappa shape index (κ1) is 28.3. The van der Waals surface area contributed by atoms with Gasteiger partial charge in [0, 0.05) is 23.3 Å². The monoisotopic (exact) mass is 602 g/mol. The normalized spacial score (nSPS) is 47.6. The van der Waals surface area contributed by atoms with E-state index in [0.717, 1.165) is 0 Å². The van der Waals surface area contributed by atoms with E-state index in [1.807, 2.05) is 13.0 Å². The molecule has 0 radical (unpaired) electrons. The first-order chi connectivity index (χ1) is 20.9. The number of ketones is 1. The minimum Gasteiger partial charge on any atom is -0.455 e. The predicted molar refractivity (Wildman–Crippen MR) is 152 cm³/mol. The molecule has 3 N–H and O–H groups in total. The van der Waals surface area contributed by atoms with Crippen molar-refractivity contribution in [2.45, 2.75) is 73.6 Å². The average molecular weight is 603 g/mol. The lowest BCUT2D eigenvalue weighted by Crippen LogP contribution is -2.76. The molecule has 5 fully saturated rings. The fourth-order valence-electron chi connectivity index (χ4n) is 9.07. The first-order valence-electron chi connectivity index (χ1n) is 14.9. The molecule has 10 nitrogen and oxygen atoms in total. The van der Waals surface area contributed by atoms with Crippen LogP contribution in [0.25, 0.3) is 0 Å². The second-order valence-corrected chi connectivity index (χ2v) is 13.1. The van der Waals surface area contributed by atoms with Gasteiger partial charge in [0.15, 0.2) is 17.0 Å². The molecule has 0 aromatic heterocycles. The van der Waals surface area contributed by atoms with Crippen LogP contribution in [0, 0.1) is 17.8 Å². The Kier molecular flexibility index (Phi) is 5.61. The fraction of sp³-hybridized carbons (Fsp3) is 0.471. The van der Waals surface area contributed by atoms with Crippen LogP contribution < -0.4 is 0 Å². The molecule has 44 heavy (non-hydrogen) atoms. The van der Waals surface area contributed by atoms with Crippen LogP contribution in [-0.2, 0) is 34.5 Å². The highest BCUT2D eigenvalue weighted by molar-refractivity contribution is 6.05. The van der Waals surface area contributed by atoms with Gasteiger partial charge >= 0.3 is 11.9 Å². The second-order valence-electron chi connectivity index (χ2n) is 13.1. The van der Waals surface area contributed by atoms with Gasteiger partial charge in [0.25, 0.3) is 0 Å². The molecule has 3 heterocycles. The fourth-order valence-corrected chi connectivity index (χ4v) is 9.07. The maximum atomic E-state index is 13.8. The van der Waals surface area contributed by atoms with Crippen LogP contribution in [-0.4, -0.2) is 80.5 Å². The Bertz CT molecular complexity index is 1620. The average Bonchev–Trinajstić information content (AvgIpc) is 3.65. The molecule has 0 spiro atoms. The van der Waals surface area contributed by atoms with E-state index in [0.29, 0.717) is 16.7 Å². The zero-order valence-corrected chi connectivity index (χ0v) is 24.5. The Morgan fingerprint density at radius 2 is 1.68 bits per heavy atom. The third-order valence-electron chi connectivity index (χ3n) is 11.1. The smallest absolute Gasteiger partial charge is 0.338 e. The molecule has 2 saturated carbocycles. The summed E-state index contributed by atoms with van der Waals surface area (Å²) in [7, 11) is 0. The molecule has 3 aliphatic heterocycles. The highest BCUT2D eigenvalue weighted by Gasteiger charge is 2.90. The van der Waals surface area contributed by atoms with Gasteiger partial charge in [0.1, 0.15) is 30.0 Å². The summed E-state index contributed by atoms with van der Waals surface area (Å²) in [5.41, 5.74) is -5.56. The van der Waals surface area contributed by atoms with E-state index in [4.69, 9.17) is 23.7 Å². The molecule has 0 unspecified atom stereocenters. The summed E-state index contributed by atoms with van der Waals surface area (Å²) in [6, 6.07) is 17.6. The third kappa shape index (κ3) is 3.00. The quantitative estimate of drug-likeness (QED) is 0.265. The maximum Gasteiger partial charge on any atom is 0.338 e. The number of hydrogen-bond donors (Lipinski definition) is 3. The molecule has 12 atom stereocenters. The number of epoxide rings is 1. The Morgan fingerprint density at radius 1 is 1.02 bits per heavy atom. The summed E-state index contributed by atoms with van der Waals surface area (Å²) in [6.07, 6.45) is -3.09. The molecule has 0 amide bonds. The number of fused-ring (bicyclic) bond motifs is 3. The van der Waals surface area contributed by atoms with Crippen molar-refractivity contribution in [2.24, 2.45) is 17.8 Å². The Hall–Kier alpha value is -3.22. The zero-order valence-electron chi connectivity index (χ0n) is 24.5. The van der Waals surface area contributed by atoms with Crippen molar-refractivity contribution >= 4 is 11.8 Å². The van der Waals surface area contributed by atoms with Crippen molar-refractivity contribution in [1.82, 2.24) is 0 Å². The van der Waals surface area contributed by atoms with Crippen molar-refractivity contribution in [3.8, 4) is 0 Å². The number of Topliss-reactive ketones (excluding diaryl/α,β-unsaturated/α-hetero) is 1. The van der Waals surface area contributed by atoms with Gasteiger partial charge in [-0.3, -0.25) is 4.79 Å². The van der Waals surface area contributed by atoms with E-state index in [1.54, 1.807) is 74.5 Å². The number of benzene rings is 2. The summed E-state index contributed by atoms with van der Waals surface area (Å²) in [4.78, 5) is 27.5. The van der Waals surface area contributed by atoms with Crippen LogP contribution in [0.15, 0.2) is 84.5 Å². The lowest BCUT2D eigenvalue weighted by Gasteiger charge is -2.61. The molecule has 3 aliphatic carbocycles. The maximum absolute atomic E-state index is 13.8. The van der Waals surface area contributed by atoms with Crippen molar-refractivity contribution in [1.29, 1.82) is 0 Å². The summed E-state index contributed by atoms with van der Waals surface area (Å²) >= 11 is 0. The molecule has 10 heteroatoms. The number of aliphatic hydroxyl groups is 3. The molecule has 3 bridgehead atoms. The molecule has 2 aromatic carbocycles. The summed E-state index contributed by atoms with van der Waals surface area (Å²) in [5.74, 6) is -5.87. The SMILES string of the molecule is C=C(C)[C@@]12O[C@@]3(c4ccccc4)O[C@@H]1[C@@H]1[C@@H]4O[C@]4(CO)[C@@H](O)[C@]4(O)C(=O)C(C)=C[C@H]4[C@@]1(O3)[C@H](C)[C@H]2OC(=O)c1ccccc1. The van der Waals surface area contributed by atoms with Gasteiger partial charge in [-0.15, -0.1) is 0 Å². The number of aliphatic hydroxyl groups excluding tert-OH is 2. The highest BCUT2D eigenvalue weighted by atomic mass is 16.9. The minimum atomic E-state index is -2.42. The van der Waals surface area contributed by atoms with Crippen LogP contribution in [0.5, 0.6) is 0 Å². The van der Waals surface area contributed by atoms with Gasteiger partial charge in [0.05, 0.1) is 17.8 Å². The van der Waals surface area contributed by atoms with Crippen molar-refractivity contribution in [3.05, 3.63) is 95.6 Å². The Morgan fingerprint density at radius 3 is 2.32 bits per heavy atom. The van der Waals surface area contributed by atoms with Crippen LogP contribution in [0.4, 0.5) is 0 Å². The number of rotatable bonds is 5. The number of esters is 1. The van der Waals surface area contributed by atoms with Gasteiger partial charge in [-0.2, -0.15) is 0 Å². The predicted octanol–water partition coefficient (Wildman–Crippen LogP) is 2.17. The van der Waals surface area contributed by atoms with E-state index in [2.05, 4.69) is 6.58 Å². The van der Waals surface area contributed by atoms with Crippen LogP contribution >= 0.6 is 0 Å². The van der Waals surface area contributed by atoms with E-state index >= 15 is 0 Å². The molecule has 8 rings (SSSR count). The molecule has 230 valence electrons. The van der Waals surface area contributed by atoms with E-state index < -0.39 is 88.9 Å². The van der Waals surface area contributed by atoms with E-state index in [1.165, 1.54) is 0 Å². The van der Waals surface area contributed by atoms with Gasteiger partial charge in [-0.1, -0.05) is 68.1 Å². The molecule has 3 saturated heterocycles.